The van der Waals surface area contributed by atoms with E-state index < -0.39 is 35.8 Å². The second-order valence-corrected chi connectivity index (χ2v) is 4.98. The Morgan fingerprint density at radius 1 is 1.25 bits per heavy atom. The summed E-state index contributed by atoms with van der Waals surface area (Å²) in [5, 5.41) is 2.25. The van der Waals surface area contributed by atoms with Crippen molar-refractivity contribution in [2.75, 3.05) is 13.2 Å². The lowest BCUT2D eigenvalue weighted by atomic mass is 10.1. The second-order valence-electron chi connectivity index (χ2n) is 4.98. The number of carbonyl (C=O) groups is 3. The lowest BCUT2D eigenvalue weighted by molar-refractivity contribution is -0.160. The fourth-order valence-corrected chi connectivity index (χ4v) is 2.28. The molecule has 0 saturated heterocycles. The first-order valence-electron chi connectivity index (χ1n) is 7.55. The molecule has 1 amide bonds. The van der Waals surface area contributed by atoms with Gasteiger partial charge in [-0.05, 0) is 19.9 Å². The molecular weight excluding hydrogens is 321 g/mol. The van der Waals surface area contributed by atoms with Gasteiger partial charge < -0.3 is 19.5 Å². The highest BCUT2D eigenvalue weighted by Gasteiger charge is 2.37. The van der Waals surface area contributed by atoms with E-state index in [1.54, 1.807) is 19.9 Å². The molecule has 2 rings (SSSR count). The van der Waals surface area contributed by atoms with Crippen LogP contribution >= 0.6 is 0 Å². The molecule has 0 aromatic heterocycles. The van der Waals surface area contributed by atoms with E-state index >= 15 is 0 Å². The molecule has 1 N–H and O–H groups in total. The summed E-state index contributed by atoms with van der Waals surface area (Å²) < 4.78 is 28.5. The normalized spacial score (nSPS) is 15.4. The third-order valence-electron chi connectivity index (χ3n) is 3.34. The SMILES string of the molecule is CCOC(=O)C(NC(=O)[C@@H]1Cc2cccc(F)c2O1)C(=O)OCC. The molecule has 130 valence electrons. The fourth-order valence-electron chi connectivity index (χ4n) is 2.28. The Kier molecular flexibility index (Phi) is 5.73. The lowest BCUT2D eigenvalue weighted by Gasteiger charge is -2.18. The number of fused-ring (bicyclic) bond motifs is 1. The molecule has 24 heavy (non-hydrogen) atoms. The van der Waals surface area contributed by atoms with E-state index in [2.05, 4.69) is 5.32 Å². The summed E-state index contributed by atoms with van der Waals surface area (Å²) in [6.07, 6.45) is -0.902. The van der Waals surface area contributed by atoms with Crippen LogP contribution in [0.3, 0.4) is 0 Å². The second kappa shape index (κ2) is 7.76. The summed E-state index contributed by atoms with van der Waals surface area (Å²) in [7, 11) is 0. The van der Waals surface area contributed by atoms with E-state index in [-0.39, 0.29) is 25.4 Å². The van der Waals surface area contributed by atoms with E-state index in [4.69, 9.17) is 14.2 Å². The maximum Gasteiger partial charge on any atom is 0.340 e. The molecule has 1 aliphatic heterocycles. The summed E-state index contributed by atoms with van der Waals surface area (Å²) in [5.41, 5.74) is 0.541. The van der Waals surface area contributed by atoms with Gasteiger partial charge >= 0.3 is 11.9 Å². The summed E-state index contributed by atoms with van der Waals surface area (Å²) >= 11 is 0. The number of benzene rings is 1. The van der Waals surface area contributed by atoms with Crippen LogP contribution < -0.4 is 10.1 Å². The summed E-state index contributed by atoms with van der Waals surface area (Å²) in [6, 6.07) is 2.78. The molecule has 1 heterocycles. The van der Waals surface area contributed by atoms with Crippen LogP contribution in [0.4, 0.5) is 4.39 Å². The molecule has 0 fully saturated rings. The number of hydrogen-bond donors (Lipinski definition) is 1. The zero-order chi connectivity index (χ0) is 17.7. The number of amides is 1. The van der Waals surface area contributed by atoms with Crippen LogP contribution in [-0.2, 0) is 30.3 Å². The third kappa shape index (κ3) is 3.81. The van der Waals surface area contributed by atoms with Crippen molar-refractivity contribution in [2.45, 2.75) is 32.4 Å². The lowest BCUT2D eigenvalue weighted by Crippen LogP contribution is -2.52. The smallest absolute Gasteiger partial charge is 0.340 e. The highest BCUT2D eigenvalue weighted by Crippen LogP contribution is 2.31. The summed E-state index contributed by atoms with van der Waals surface area (Å²) in [6.45, 7) is 3.23. The van der Waals surface area contributed by atoms with Gasteiger partial charge in [0.15, 0.2) is 17.7 Å². The molecule has 1 atom stereocenters. The van der Waals surface area contributed by atoms with Gasteiger partial charge in [-0.2, -0.15) is 0 Å². The topological polar surface area (TPSA) is 90.9 Å². The third-order valence-corrected chi connectivity index (χ3v) is 3.34. The number of esters is 2. The minimum Gasteiger partial charge on any atom is -0.477 e. The van der Waals surface area contributed by atoms with Crippen LogP contribution in [-0.4, -0.2) is 43.2 Å². The Hall–Kier alpha value is -2.64. The van der Waals surface area contributed by atoms with Crippen molar-refractivity contribution in [1.82, 2.24) is 5.32 Å². The number of nitrogens with one attached hydrogen (secondary N) is 1. The molecule has 0 saturated carbocycles. The van der Waals surface area contributed by atoms with Crippen molar-refractivity contribution in [3.63, 3.8) is 0 Å². The van der Waals surface area contributed by atoms with Gasteiger partial charge in [0, 0.05) is 12.0 Å². The van der Waals surface area contributed by atoms with Crippen LogP contribution in [0.2, 0.25) is 0 Å². The van der Waals surface area contributed by atoms with E-state index in [0.29, 0.717) is 5.56 Å². The van der Waals surface area contributed by atoms with Gasteiger partial charge in [0.05, 0.1) is 13.2 Å². The van der Waals surface area contributed by atoms with Crippen LogP contribution in [0.1, 0.15) is 19.4 Å². The first kappa shape index (κ1) is 17.7. The quantitative estimate of drug-likeness (QED) is 0.607. The molecule has 7 nitrogen and oxygen atoms in total. The van der Waals surface area contributed by atoms with Crippen LogP contribution in [0, 0.1) is 5.82 Å². The minimum atomic E-state index is -1.59. The molecule has 0 radical (unpaired) electrons. The fraction of sp³-hybridized carbons (Fsp3) is 0.438. The standard InChI is InChI=1S/C16H18FNO6/c1-3-22-15(20)12(16(21)23-4-2)18-14(19)11-8-9-6-5-7-10(17)13(9)24-11/h5-7,11-12H,3-4,8H2,1-2H3,(H,18,19)/t11-/m0/s1. The van der Waals surface area contributed by atoms with Gasteiger partial charge in [-0.3, -0.25) is 4.79 Å². The van der Waals surface area contributed by atoms with E-state index in [0.717, 1.165) is 0 Å². The highest BCUT2D eigenvalue weighted by molar-refractivity contribution is 6.03. The minimum absolute atomic E-state index is 0.00136. The van der Waals surface area contributed by atoms with Gasteiger partial charge in [-0.1, -0.05) is 12.1 Å². The number of carbonyl (C=O) groups excluding carboxylic acids is 3. The van der Waals surface area contributed by atoms with Crippen LogP contribution in [0.15, 0.2) is 18.2 Å². The van der Waals surface area contributed by atoms with Gasteiger partial charge in [-0.25, -0.2) is 14.0 Å². The first-order chi connectivity index (χ1) is 11.5. The number of halogens is 1. The Morgan fingerprint density at radius 2 is 1.88 bits per heavy atom. The largest absolute Gasteiger partial charge is 0.477 e. The number of hydrogen-bond acceptors (Lipinski definition) is 6. The summed E-state index contributed by atoms with van der Waals surface area (Å²) in [5.74, 6) is -3.15. The molecule has 0 spiro atoms. The average Bonchev–Trinajstić information content (AvgIpc) is 2.98. The van der Waals surface area contributed by atoms with Crippen molar-refractivity contribution >= 4 is 17.8 Å². The molecule has 1 aromatic carbocycles. The van der Waals surface area contributed by atoms with E-state index in [9.17, 15) is 18.8 Å². The molecule has 1 aliphatic rings. The van der Waals surface area contributed by atoms with Crippen LogP contribution in [0.25, 0.3) is 0 Å². The van der Waals surface area contributed by atoms with Gasteiger partial charge in [0.2, 0.25) is 6.04 Å². The molecule has 8 heteroatoms. The number of para-hydroxylation sites is 1. The van der Waals surface area contributed by atoms with Crippen LogP contribution in [0.5, 0.6) is 5.75 Å². The predicted octanol–water partition coefficient (Wildman–Crippen LogP) is 0.740. The molecular formula is C16H18FNO6. The van der Waals surface area contributed by atoms with Crippen molar-refractivity contribution in [1.29, 1.82) is 0 Å². The molecule has 0 unspecified atom stereocenters. The maximum atomic E-state index is 13.6. The van der Waals surface area contributed by atoms with E-state index in [1.165, 1.54) is 12.1 Å². The average molecular weight is 339 g/mol. The monoisotopic (exact) mass is 339 g/mol. The highest BCUT2D eigenvalue weighted by atomic mass is 19.1. The maximum absolute atomic E-state index is 13.6. The van der Waals surface area contributed by atoms with Crippen molar-refractivity contribution in [3.05, 3.63) is 29.6 Å². The number of rotatable bonds is 6. The Balaban J connectivity index is 2.07. The van der Waals surface area contributed by atoms with Crippen molar-refractivity contribution in [2.24, 2.45) is 0 Å². The Bertz CT molecular complexity index is 629. The first-order valence-corrected chi connectivity index (χ1v) is 7.55. The van der Waals surface area contributed by atoms with Gasteiger partial charge in [0.25, 0.3) is 5.91 Å². The Morgan fingerprint density at radius 3 is 2.42 bits per heavy atom. The number of ether oxygens (including phenoxy) is 3. The Labute approximate surface area is 138 Å². The summed E-state index contributed by atoms with van der Waals surface area (Å²) in [4.78, 5) is 36.0. The van der Waals surface area contributed by atoms with E-state index in [1.807, 2.05) is 0 Å². The van der Waals surface area contributed by atoms with Crippen molar-refractivity contribution in [3.8, 4) is 5.75 Å². The zero-order valence-corrected chi connectivity index (χ0v) is 13.3. The zero-order valence-electron chi connectivity index (χ0n) is 13.3. The van der Waals surface area contributed by atoms with Crippen molar-refractivity contribution < 1.29 is 33.0 Å². The molecule has 0 aliphatic carbocycles. The predicted molar refractivity (Wildman–Crippen MR) is 79.7 cm³/mol. The van der Waals surface area contributed by atoms with Gasteiger partial charge in [-0.15, -0.1) is 0 Å². The van der Waals surface area contributed by atoms with Gasteiger partial charge in [0.1, 0.15) is 0 Å². The molecule has 0 bridgehead atoms. The molecule has 1 aromatic rings.